The third-order valence-electron chi connectivity index (χ3n) is 2.80. The Labute approximate surface area is 105 Å². The molecule has 2 rings (SSSR count). The quantitative estimate of drug-likeness (QED) is 0.873. The van der Waals surface area contributed by atoms with E-state index in [9.17, 15) is 9.90 Å². The molecule has 2 N–H and O–H groups in total. The summed E-state index contributed by atoms with van der Waals surface area (Å²) in [6.07, 6.45) is 1.79. The van der Waals surface area contributed by atoms with Crippen LogP contribution in [0.25, 0.3) is 11.1 Å². The Hall–Kier alpha value is -2.23. The van der Waals surface area contributed by atoms with Crippen LogP contribution in [0.5, 0.6) is 5.75 Å². The van der Waals surface area contributed by atoms with E-state index in [2.05, 4.69) is 0 Å². The molecule has 0 atom stereocenters. The zero-order valence-electron chi connectivity index (χ0n) is 10.3. The zero-order valence-corrected chi connectivity index (χ0v) is 10.3. The lowest BCUT2D eigenvalue weighted by Gasteiger charge is -2.09. The molecule has 0 saturated carbocycles. The summed E-state index contributed by atoms with van der Waals surface area (Å²) >= 11 is 0. The van der Waals surface area contributed by atoms with Gasteiger partial charge in [0.2, 0.25) is 0 Å². The topological polar surface area (TPSA) is 62.5 Å². The molecule has 1 heterocycles. The monoisotopic (exact) mass is 245 g/mol. The summed E-state index contributed by atoms with van der Waals surface area (Å²) in [7, 11) is 0. The molecule has 0 bridgehead atoms. The van der Waals surface area contributed by atoms with Gasteiger partial charge in [0.05, 0.1) is 0 Å². The van der Waals surface area contributed by atoms with Crippen LogP contribution in [-0.4, -0.2) is 20.7 Å². The summed E-state index contributed by atoms with van der Waals surface area (Å²) in [5.41, 5.74) is 1.84. The highest BCUT2D eigenvalue weighted by atomic mass is 16.4. The van der Waals surface area contributed by atoms with Gasteiger partial charge in [-0.3, -0.25) is 0 Å². The van der Waals surface area contributed by atoms with Crippen LogP contribution in [-0.2, 0) is 0 Å². The minimum absolute atomic E-state index is 0.0714. The van der Waals surface area contributed by atoms with Crippen molar-refractivity contribution in [2.45, 2.75) is 19.9 Å². The maximum Gasteiger partial charge on any atom is 0.352 e. The normalized spacial score (nSPS) is 10.8. The molecule has 0 aliphatic heterocycles. The van der Waals surface area contributed by atoms with E-state index < -0.39 is 5.97 Å². The molecule has 0 unspecified atom stereocenters. The number of aromatic nitrogens is 1. The molecule has 0 spiro atoms. The van der Waals surface area contributed by atoms with Crippen molar-refractivity contribution in [3.8, 4) is 16.9 Å². The molecule has 4 nitrogen and oxygen atoms in total. The fourth-order valence-corrected chi connectivity index (χ4v) is 1.92. The van der Waals surface area contributed by atoms with Crippen molar-refractivity contribution in [2.75, 3.05) is 0 Å². The first kappa shape index (κ1) is 12.2. The van der Waals surface area contributed by atoms with E-state index in [1.54, 1.807) is 35.0 Å². The second-order valence-corrected chi connectivity index (χ2v) is 4.47. The first-order valence-electron chi connectivity index (χ1n) is 5.73. The number of nitrogens with zero attached hydrogens (tertiary/aromatic N) is 1. The SMILES string of the molecule is CC(C)n1cc(-c2cccc(O)c2)cc1C(=O)O. The molecule has 1 aromatic carbocycles. The van der Waals surface area contributed by atoms with Crippen molar-refractivity contribution in [3.63, 3.8) is 0 Å². The third kappa shape index (κ3) is 2.22. The summed E-state index contributed by atoms with van der Waals surface area (Å²) in [5.74, 6) is -0.781. The number of rotatable bonds is 3. The highest BCUT2D eigenvalue weighted by Gasteiger charge is 2.15. The molecule has 0 radical (unpaired) electrons. The summed E-state index contributed by atoms with van der Waals surface area (Å²) < 4.78 is 1.71. The standard InChI is InChI=1S/C14H15NO3/c1-9(2)15-8-11(7-13(15)14(17)18)10-4-3-5-12(16)6-10/h3-9,16H,1-2H3,(H,17,18). The van der Waals surface area contributed by atoms with Crippen LogP contribution in [0.4, 0.5) is 0 Å². The van der Waals surface area contributed by atoms with Crippen LogP contribution in [0.2, 0.25) is 0 Å². The van der Waals surface area contributed by atoms with Gasteiger partial charge in [-0.2, -0.15) is 0 Å². The smallest absolute Gasteiger partial charge is 0.352 e. The van der Waals surface area contributed by atoms with Crippen LogP contribution >= 0.6 is 0 Å². The number of hydrogen-bond acceptors (Lipinski definition) is 2. The van der Waals surface area contributed by atoms with Gasteiger partial charge < -0.3 is 14.8 Å². The summed E-state index contributed by atoms with van der Waals surface area (Å²) in [6.45, 7) is 3.86. The Kier molecular flexibility index (Phi) is 3.10. The van der Waals surface area contributed by atoms with Gasteiger partial charge in [0, 0.05) is 17.8 Å². The first-order valence-corrected chi connectivity index (χ1v) is 5.73. The Balaban J connectivity index is 2.53. The fraction of sp³-hybridized carbons (Fsp3) is 0.214. The Morgan fingerprint density at radius 2 is 1.94 bits per heavy atom. The number of carboxylic acids is 1. The Morgan fingerprint density at radius 1 is 1.22 bits per heavy atom. The fourth-order valence-electron chi connectivity index (χ4n) is 1.92. The van der Waals surface area contributed by atoms with Crippen molar-refractivity contribution < 1.29 is 15.0 Å². The summed E-state index contributed by atoms with van der Waals surface area (Å²) in [5, 5.41) is 18.6. The van der Waals surface area contributed by atoms with Gasteiger partial charge in [0.1, 0.15) is 11.4 Å². The van der Waals surface area contributed by atoms with E-state index in [4.69, 9.17) is 5.11 Å². The molecular weight excluding hydrogens is 230 g/mol. The van der Waals surface area contributed by atoms with Crippen molar-refractivity contribution in [3.05, 3.63) is 42.2 Å². The lowest BCUT2D eigenvalue weighted by atomic mass is 10.1. The van der Waals surface area contributed by atoms with E-state index in [0.29, 0.717) is 0 Å². The maximum absolute atomic E-state index is 11.2. The van der Waals surface area contributed by atoms with E-state index in [0.717, 1.165) is 11.1 Å². The third-order valence-corrected chi connectivity index (χ3v) is 2.80. The average molecular weight is 245 g/mol. The van der Waals surface area contributed by atoms with E-state index in [-0.39, 0.29) is 17.5 Å². The molecule has 0 aliphatic carbocycles. The lowest BCUT2D eigenvalue weighted by molar-refractivity contribution is 0.0683. The molecule has 1 aromatic heterocycles. The number of carbonyl (C=O) groups is 1. The molecule has 4 heteroatoms. The van der Waals surface area contributed by atoms with Gasteiger partial charge in [-0.05, 0) is 37.6 Å². The number of aromatic carboxylic acids is 1. The van der Waals surface area contributed by atoms with Crippen LogP contribution < -0.4 is 0 Å². The minimum Gasteiger partial charge on any atom is -0.508 e. The number of aromatic hydroxyl groups is 1. The molecule has 0 fully saturated rings. The highest BCUT2D eigenvalue weighted by molar-refractivity contribution is 5.88. The number of hydrogen-bond donors (Lipinski definition) is 2. The van der Waals surface area contributed by atoms with Crippen LogP contribution in [0, 0.1) is 0 Å². The summed E-state index contributed by atoms with van der Waals surface area (Å²) in [4.78, 5) is 11.2. The summed E-state index contributed by atoms with van der Waals surface area (Å²) in [6, 6.07) is 8.47. The number of phenolic OH excluding ortho intramolecular Hbond substituents is 1. The molecular formula is C14H15NO3. The van der Waals surface area contributed by atoms with E-state index in [1.165, 1.54) is 0 Å². The zero-order chi connectivity index (χ0) is 13.3. The van der Waals surface area contributed by atoms with Crippen LogP contribution in [0.1, 0.15) is 30.4 Å². The molecule has 0 saturated heterocycles. The van der Waals surface area contributed by atoms with Crippen LogP contribution in [0.15, 0.2) is 36.5 Å². The molecule has 0 amide bonds. The van der Waals surface area contributed by atoms with Gasteiger partial charge in [-0.15, -0.1) is 0 Å². The molecule has 2 aromatic rings. The van der Waals surface area contributed by atoms with Crippen LogP contribution in [0.3, 0.4) is 0 Å². The minimum atomic E-state index is -0.949. The van der Waals surface area contributed by atoms with Crippen molar-refractivity contribution in [1.82, 2.24) is 4.57 Å². The Morgan fingerprint density at radius 3 is 2.44 bits per heavy atom. The van der Waals surface area contributed by atoms with Gasteiger partial charge >= 0.3 is 5.97 Å². The van der Waals surface area contributed by atoms with E-state index in [1.807, 2.05) is 19.9 Å². The average Bonchev–Trinajstić information content (AvgIpc) is 2.73. The lowest BCUT2D eigenvalue weighted by Crippen LogP contribution is -2.09. The predicted octanol–water partition coefficient (Wildman–Crippen LogP) is 3.14. The maximum atomic E-state index is 11.2. The molecule has 94 valence electrons. The second-order valence-electron chi connectivity index (χ2n) is 4.47. The van der Waals surface area contributed by atoms with Gasteiger partial charge in [0.15, 0.2) is 0 Å². The molecule has 0 aliphatic rings. The van der Waals surface area contributed by atoms with Crippen molar-refractivity contribution in [2.24, 2.45) is 0 Å². The van der Waals surface area contributed by atoms with Gasteiger partial charge in [-0.1, -0.05) is 12.1 Å². The predicted molar refractivity (Wildman–Crippen MR) is 68.9 cm³/mol. The number of phenols is 1. The largest absolute Gasteiger partial charge is 0.508 e. The first-order chi connectivity index (χ1) is 8.49. The highest BCUT2D eigenvalue weighted by Crippen LogP contribution is 2.27. The van der Waals surface area contributed by atoms with Crippen molar-refractivity contribution >= 4 is 5.97 Å². The van der Waals surface area contributed by atoms with E-state index >= 15 is 0 Å². The second kappa shape index (κ2) is 4.56. The molecule has 18 heavy (non-hydrogen) atoms. The number of carboxylic acid groups (broad SMARTS) is 1. The number of benzene rings is 1. The van der Waals surface area contributed by atoms with Crippen molar-refractivity contribution in [1.29, 1.82) is 0 Å². The van der Waals surface area contributed by atoms with Gasteiger partial charge in [0.25, 0.3) is 0 Å². The van der Waals surface area contributed by atoms with Gasteiger partial charge in [-0.25, -0.2) is 4.79 Å². The Bertz CT molecular complexity index is 584.